The minimum atomic E-state index is -1.34. The van der Waals surface area contributed by atoms with Crippen molar-refractivity contribution in [1.29, 1.82) is 0 Å². The summed E-state index contributed by atoms with van der Waals surface area (Å²) in [5.41, 5.74) is 4.60. The van der Waals surface area contributed by atoms with E-state index in [1.54, 1.807) is 0 Å². The van der Waals surface area contributed by atoms with Crippen LogP contribution in [-0.4, -0.2) is 22.2 Å². The van der Waals surface area contributed by atoms with Gasteiger partial charge in [0.25, 0.3) is 0 Å². The van der Waals surface area contributed by atoms with E-state index in [-0.39, 0.29) is 29.2 Å². The molecule has 6 heteroatoms. The maximum atomic E-state index is 10.6. The highest BCUT2D eigenvalue weighted by atomic mass is 35.5. The number of carboxylic acids is 2. The molecule has 0 saturated heterocycles. The number of halogens is 1. The quantitative estimate of drug-likeness (QED) is 0.644. The Balaban J connectivity index is 0.00000169. The lowest BCUT2D eigenvalue weighted by molar-refractivity contribution is 0.0652. The van der Waals surface area contributed by atoms with Crippen molar-refractivity contribution in [3.8, 4) is 0 Å². The fourth-order valence-electron chi connectivity index (χ4n) is 0.987. The number of hydrogen-bond acceptors (Lipinski definition) is 3. The first-order valence-electron chi connectivity index (χ1n) is 3.39. The van der Waals surface area contributed by atoms with Crippen molar-refractivity contribution in [2.45, 2.75) is 0 Å². The van der Waals surface area contributed by atoms with E-state index in [2.05, 4.69) is 0 Å². The topological polar surface area (TPSA) is 101 Å². The standard InChI is InChI=1S/C8H7NO4.ClH/c9-5-3-1-2-4(7(10)11)6(5)8(12)13;/h1-3H,9H2,(H,10,11)(H,12,13);1H. The maximum Gasteiger partial charge on any atom is 0.338 e. The van der Waals surface area contributed by atoms with Crippen molar-refractivity contribution in [1.82, 2.24) is 0 Å². The summed E-state index contributed by atoms with van der Waals surface area (Å²) in [5.74, 6) is -2.64. The zero-order valence-electron chi connectivity index (χ0n) is 6.93. The Morgan fingerprint density at radius 3 is 2.07 bits per heavy atom. The van der Waals surface area contributed by atoms with Gasteiger partial charge in [-0.05, 0) is 12.1 Å². The summed E-state index contributed by atoms with van der Waals surface area (Å²) in [6, 6.07) is 3.93. The first kappa shape index (κ1) is 12.2. The van der Waals surface area contributed by atoms with Gasteiger partial charge in [0, 0.05) is 5.69 Å². The Labute approximate surface area is 85.6 Å². The Hall–Kier alpha value is -1.75. The summed E-state index contributed by atoms with van der Waals surface area (Å²) < 4.78 is 0. The number of nitrogen functional groups attached to an aromatic ring is 1. The number of hydrogen-bond donors (Lipinski definition) is 3. The fourth-order valence-corrected chi connectivity index (χ4v) is 0.987. The van der Waals surface area contributed by atoms with Crippen molar-refractivity contribution in [3.05, 3.63) is 29.3 Å². The molecule has 1 aromatic carbocycles. The zero-order chi connectivity index (χ0) is 10.0. The number of anilines is 1. The van der Waals surface area contributed by atoms with Gasteiger partial charge < -0.3 is 15.9 Å². The molecule has 76 valence electrons. The first-order valence-corrected chi connectivity index (χ1v) is 3.39. The number of nitrogens with two attached hydrogens (primary N) is 1. The minimum absolute atomic E-state index is 0. The second-order valence-corrected chi connectivity index (χ2v) is 2.38. The molecule has 0 spiro atoms. The van der Waals surface area contributed by atoms with Crippen LogP contribution in [0.4, 0.5) is 5.69 Å². The molecule has 0 amide bonds. The average Bonchev–Trinajstić information content (AvgIpc) is 2.02. The SMILES string of the molecule is Cl.Nc1cccc(C(=O)O)c1C(=O)O. The number of aromatic carboxylic acids is 2. The van der Waals surface area contributed by atoms with Crippen LogP contribution in [0.25, 0.3) is 0 Å². The van der Waals surface area contributed by atoms with Gasteiger partial charge in [-0.3, -0.25) is 0 Å². The fraction of sp³-hybridized carbons (Fsp3) is 0. The first-order chi connectivity index (χ1) is 6.04. The third kappa shape index (κ3) is 2.14. The van der Waals surface area contributed by atoms with E-state index in [1.165, 1.54) is 18.2 Å². The van der Waals surface area contributed by atoms with Gasteiger partial charge in [-0.2, -0.15) is 0 Å². The lowest BCUT2D eigenvalue weighted by atomic mass is 10.1. The summed E-state index contributed by atoms with van der Waals surface area (Å²) in [7, 11) is 0. The molecule has 0 fully saturated rings. The third-order valence-corrected chi connectivity index (χ3v) is 1.54. The van der Waals surface area contributed by atoms with Gasteiger partial charge in [-0.15, -0.1) is 12.4 Å². The van der Waals surface area contributed by atoms with Gasteiger partial charge >= 0.3 is 11.9 Å². The molecular weight excluding hydrogens is 210 g/mol. The number of rotatable bonds is 2. The maximum absolute atomic E-state index is 10.6. The molecule has 0 aliphatic heterocycles. The zero-order valence-corrected chi connectivity index (χ0v) is 7.75. The second-order valence-electron chi connectivity index (χ2n) is 2.38. The predicted octanol–water partition coefficient (Wildman–Crippen LogP) is 1.09. The average molecular weight is 218 g/mol. The van der Waals surface area contributed by atoms with Crippen LogP contribution in [0.5, 0.6) is 0 Å². The van der Waals surface area contributed by atoms with E-state index in [4.69, 9.17) is 15.9 Å². The molecule has 0 bridgehead atoms. The molecular formula is C8H8ClNO4. The van der Waals surface area contributed by atoms with E-state index < -0.39 is 11.9 Å². The summed E-state index contributed by atoms with van der Waals surface area (Å²) in [6.45, 7) is 0. The van der Waals surface area contributed by atoms with Crippen LogP contribution < -0.4 is 5.73 Å². The smallest absolute Gasteiger partial charge is 0.338 e. The van der Waals surface area contributed by atoms with Gasteiger partial charge in [0.15, 0.2) is 0 Å². The summed E-state index contributed by atoms with van der Waals surface area (Å²) in [5, 5.41) is 17.3. The molecule has 0 atom stereocenters. The van der Waals surface area contributed by atoms with Crippen molar-refractivity contribution in [2.75, 3.05) is 5.73 Å². The van der Waals surface area contributed by atoms with E-state index in [9.17, 15) is 9.59 Å². The molecule has 0 aliphatic rings. The van der Waals surface area contributed by atoms with E-state index >= 15 is 0 Å². The van der Waals surface area contributed by atoms with Crippen LogP contribution in [0.3, 0.4) is 0 Å². The van der Waals surface area contributed by atoms with Crippen LogP contribution >= 0.6 is 12.4 Å². The lowest BCUT2D eigenvalue weighted by Crippen LogP contribution is -2.10. The van der Waals surface area contributed by atoms with Gasteiger partial charge in [0.2, 0.25) is 0 Å². The molecule has 0 saturated carbocycles. The minimum Gasteiger partial charge on any atom is -0.478 e. The predicted molar refractivity (Wildman–Crippen MR) is 52.0 cm³/mol. The molecule has 0 unspecified atom stereocenters. The second kappa shape index (κ2) is 4.48. The Bertz CT molecular complexity index is 378. The molecule has 4 N–H and O–H groups in total. The highest BCUT2D eigenvalue weighted by Crippen LogP contribution is 2.16. The highest BCUT2D eigenvalue weighted by molar-refractivity contribution is 6.05. The van der Waals surface area contributed by atoms with Crippen molar-refractivity contribution in [2.24, 2.45) is 0 Å². The van der Waals surface area contributed by atoms with Crippen molar-refractivity contribution in [3.63, 3.8) is 0 Å². The third-order valence-electron chi connectivity index (χ3n) is 1.54. The molecule has 0 aliphatic carbocycles. The summed E-state index contributed by atoms with van der Waals surface area (Å²) in [6.07, 6.45) is 0. The Morgan fingerprint density at radius 1 is 1.14 bits per heavy atom. The largest absolute Gasteiger partial charge is 0.478 e. The molecule has 5 nitrogen and oxygen atoms in total. The summed E-state index contributed by atoms with van der Waals surface area (Å²) >= 11 is 0. The lowest BCUT2D eigenvalue weighted by Gasteiger charge is -2.03. The Kier molecular flexibility index (Phi) is 3.92. The van der Waals surface area contributed by atoms with Crippen LogP contribution in [-0.2, 0) is 0 Å². The van der Waals surface area contributed by atoms with Crippen LogP contribution in [0.1, 0.15) is 20.7 Å². The van der Waals surface area contributed by atoms with Crippen molar-refractivity contribution < 1.29 is 19.8 Å². The molecule has 0 heterocycles. The number of benzene rings is 1. The van der Waals surface area contributed by atoms with Gasteiger partial charge in [-0.1, -0.05) is 6.07 Å². The molecule has 14 heavy (non-hydrogen) atoms. The van der Waals surface area contributed by atoms with E-state index in [0.717, 1.165) is 0 Å². The van der Waals surface area contributed by atoms with Crippen LogP contribution in [0, 0.1) is 0 Å². The van der Waals surface area contributed by atoms with Gasteiger partial charge in [0.05, 0.1) is 11.1 Å². The number of carboxylic acid groups (broad SMARTS) is 2. The Morgan fingerprint density at radius 2 is 1.71 bits per heavy atom. The van der Waals surface area contributed by atoms with E-state index in [0.29, 0.717) is 0 Å². The normalized spacial score (nSPS) is 8.86. The number of carbonyl (C=O) groups is 2. The molecule has 1 aromatic rings. The van der Waals surface area contributed by atoms with Gasteiger partial charge in [-0.25, -0.2) is 9.59 Å². The van der Waals surface area contributed by atoms with E-state index in [1.807, 2.05) is 0 Å². The van der Waals surface area contributed by atoms with Gasteiger partial charge in [0.1, 0.15) is 0 Å². The van der Waals surface area contributed by atoms with Crippen molar-refractivity contribution >= 4 is 30.0 Å². The monoisotopic (exact) mass is 217 g/mol. The summed E-state index contributed by atoms with van der Waals surface area (Å²) in [4.78, 5) is 21.2. The highest BCUT2D eigenvalue weighted by Gasteiger charge is 2.17. The molecule has 0 aromatic heterocycles. The van der Waals surface area contributed by atoms with Crippen LogP contribution in [0.15, 0.2) is 18.2 Å². The molecule has 0 radical (unpaired) electrons. The molecule has 1 rings (SSSR count). The van der Waals surface area contributed by atoms with Crippen LogP contribution in [0.2, 0.25) is 0 Å².